The number of aromatic nitrogens is 3. The van der Waals surface area contributed by atoms with Crippen LogP contribution in [0.4, 0.5) is 10.1 Å². The van der Waals surface area contributed by atoms with Gasteiger partial charge in [-0.3, -0.25) is 4.79 Å². The van der Waals surface area contributed by atoms with Crippen molar-refractivity contribution < 1.29 is 9.18 Å². The fourth-order valence-electron chi connectivity index (χ4n) is 3.46. The Morgan fingerprint density at radius 1 is 1.00 bits per heavy atom. The minimum atomic E-state index is -0.474. The van der Waals surface area contributed by atoms with E-state index in [9.17, 15) is 9.18 Å². The number of nitrogens with one attached hydrogen (secondary N) is 1. The molecule has 5 rings (SSSR count). The van der Waals surface area contributed by atoms with E-state index < -0.39 is 5.82 Å². The monoisotopic (exact) mass is 448 g/mol. The Morgan fingerprint density at radius 3 is 2.52 bits per heavy atom. The van der Waals surface area contributed by atoms with E-state index in [-0.39, 0.29) is 18.1 Å². The van der Waals surface area contributed by atoms with Gasteiger partial charge in [0.1, 0.15) is 17.9 Å². The molecule has 5 aromatic rings. The van der Waals surface area contributed by atoms with Crippen LogP contribution in [0.25, 0.3) is 33.1 Å². The topological polar surface area (TPSA) is 59.8 Å². The van der Waals surface area contributed by atoms with E-state index in [0.717, 1.165) is 31.9 Å². The van der Waals surface area contributed by atoms with Gasteiger partial charge in [-0.25, -0.2) is 14.4 Å². The number of rotatable bonds is 3. The van der Waals surface area contributed by atoms with Gasteiger partial charge < -0.3 is 9.88 Å². The maximum atomic E-state index is 13.9. The second kappa shape index (κ2) is 6.93. The van der Waals surface area contributed by atoms with Crippen molar-refractivity contribution in [1.29, 1.82) is 0 Å². The normalized spacial score (nSPS) is 11.4. The number of hydrogen-bond donors (Lipinski definition) is 1. The molecular formula is C22H14BrFN4O. The highest BCUT2D eigenvalue weighted by Gasteiger charge is 2.17. The highest BCUT2D eigenvalue weighted by Crippen LogP contribution is 2.30. The van der Waals surface area contributed by atoms with Crippen molar-refractivity contribution in [3.8, 4) is 0 Å². The predicted octanol–water partition coefficient (Wildman–Crippen LogP) is 5.28. The molecule has 0 aliphatic carbocycles. The molecule has 1 amide bonds. The van der Waals surface area contributed by atoms with E-state index >= 15 is 0 Å². The predicted molar refractivity (Wildman–Crippen MR) is 115 cm³/mol. The van der Waals surface area contributed by atoms with E-state index in [4.69, 9.17) is 9.97 Å². The van der Waals surface area contributed by atoms with Gasteiger partial charge in [-0.2, -0.15) is 0 Å². The van der Waals surface area contributed by atoms with Crippen molar-refractivity contribution in [2.24, 2.45) is 0 Å². The summed E-state index contributed by atoms with van der Waals surface area (Å²) in [7, 11) is 0. The van der Waals surface area contributed by atoms with Crippen molar-refractivity contribution >= 4 is 60.6 Å². The molecule has 5 nitrogen and oxygen atoms in total. The summed E-state index contributed by atoms with van der Waals surface area (Å²) in [5, 5.41) is 3.53. The highest BCUT2D eigenvalue weighted by atomic mass is 79.9. The van der Waals surface area contributed by atoms with Crippen LogP contribution in [0.2, 0.25) is 0 Å². The summed E-state index contributed by atoms with van der Waals surface area (Å²) in [5.41, 5.74) is 3.85. The van der Waals surface area contributed by atoms with Crippen LogP contribution in [0.1, 0.15) is 0 Å². The third-order valence-corrected chi connectivity index (χ3v) is 5.26. The van der Waals surface area contributed by atoms with Crippen LogP contribution in [-0.4, -0.2) is 20.4 Å². The molecule has 0 aliphatic rings. The van der Waals surface area contributed by atoms with E-state index in [2.05, 4.69) is 21.2 Å². The third kappa shape index (κ3) is 3.13. The van der Waals surface area contributed by atoms with Crippen LogP contribution >= 0.6 is 15.9 Å². The van der Waals surface area contributed by atoms with Gasteiger partial charge in [-0.15, -0.1) is 0 Å². The van der Waals surface area contributed by atoms with Crippen LogP contribution in [0.3, 0.4) is 0 Å². The van der Waals surface area contributed by atoms with Crippen LogP contribution in [0.5, 0.6) is 0 Å². The first-order chi connectivity index (χ1) is 14.1. The minimum Gasteiger partial charge on any atom is -0.322 e. The van der Waals surface area contributed by atoms with Gasteiger partial charge in [0.15, 0.2) is 5.65 Å². The van der Waals surface area contributed by atoms with Crippen molar-refractivity contribution in [2.45, 2.75) is 6.54 Å². The lowest BCUT2D eigenvalue weighted by atomic mass is 10.2. The molecule has 7 heteroatoms. The Bertz CT molecular complexity index is 1410. The number of amides is 1. The molecule has 0 bridgehead atoms. The van der Waals surface area contributed by atoms with Gasteiger partial charge >= 0.3 is 0 Å². The molecular weight excluding hydrogens is 435 g/mol. The summed E-state index contributed by atoms with van der Waals surface area (Å²) in [4.78, 5) is 22.2. The second-order valence-electron chi connectivity index (χ2n) is 6.66. The van der Waals surface area contributed by atoms with Gasteiger partial charge in [0.25, 0.3) is 0 Å². The Morgan fingerprint density at radius 2 is 1.72 bits per heavy atom. The van der Waals surface area contributed by atoms with Crippen molar-refractivity contribution in [1.82, 2.24) is 14.5 Å². The average Bonchev–Trinajstić information content (AvgIpc) is 3.00. The number of para-hydroxylation sites is 3. The molecule has 0 aliphatic heterocycles. The van der Waals surface area contributed by atoms with Gasteiger partial charge in [0, 0.05) is 9.86 Å². The van der Waals surface area contributed by atoms with Crippen molar-refractivity contribution in [3.05, 3.63) is 77.0 Å². The zero-order chi connectivity index (χ0) is 20.0. The van der Waals surface area contributed by atoms with E-state index in [0.29, 0.717) is 5.65 Å². The molecule has 0 atom stereocenters. The quantitative estimate of drug-likeness (QED) is 0.408. The summed E-state index contributed by atoms with van der Waals surface area (Å²) in [6.45, 7) is -0.0109. The molecule has 1 N–H and O–H groups in total. The molecule has 2 heterocycles. The summed E-state index contributed by atoms with van der Waals surface area (Å²) in [6, 6.07) is 19.5. The molecule has 0 saturated heterocycles. The smallest absolute Gasteiger partial charge is 0.244 e. The Balaban J connectivity index is 1.66. The van der Waals surface area contributed by atoms with Gasteiger partial charge in [0.2, 0.25) is 5.91 Å². The number of benzene rings is 3. The molecule has 3 aromatic carbocycles. The zero-order valence-corrected chi connectivity index (χ0v) is 16.6. The zero-order valence-electron chi connectivity index (χ0n) is 15.1. The number of nitrogens with zero attached hydrogens (tertiary/aromatic N) is 3. The number of halogens is 2. The SMILES string of the molecule is O=C(Cn1c2ccc(Br)cc2c2nc3ccccc3nc21)Nc1ccccc1F. The molecule has 0 fully saturated rings. The fraction of sp³-hybridized carbons (Fsp3) is 0.0455. The lowest BCUT2D eigenvalue weighted by Gasteiger charge is -2.09. The van der Waals surface area contributed by atoms with Gasteiger partial charge in [-0.05, 0) is 42.5 Å². The summed E-state index contributed by atoms with van der Waals surface area (Å²) < 4.78 is 16.6. The lowest BCUT2D eigenvalue weighted by molar-refractivity contribution is -0.116. The van der Waals surface area contributed by atoms with Crippen LogP contribution in [-0.2, 0) is 11.3 Å². The Hall–Kier alpha value is -3.32. The molecule has 0 spiro atoms. The highest BCUT2D eigenvalue weighted by molar-refractivity contribution is 9.10. The number of hydrogen-bond acceptors (Lipinski definition) is 3. The van der Waals surface area contributed by atoms with Crippen LogP contribution < -0.4 is 5.32 Å². The van der Waals surface area contributed by atoms with Gasteiger partial charge in [0.05, 0.1) is 22.2 Å². The van der Waals surface area contributed by atoms with Crippen LogP contribution in [0.15, 0.2) is 71.2 Å². The third-order valence-electron chi connectivity index (χ3n) is 4.76. The number of carbonyl (C=O) groups is 1. The minimum absolute atomic E-state index is 0.0109. The summed E-state index contributed by atoms with van der Waals surface area (Å²) in [5.74, 6) is -0.815. The maximum Gasteiger partial charge on any atom is 0.244 e. The molecule has 0 unspecified atom stereocenters. The summed E-state index contributed by atoms with van der Waals surface area (Å²) >= 11 is 3.50. The average molecular weight is 449 g/mol. The van der Waals surface area contributed by atoms with E-state index in [1.54, 1.807) is 12.1 Å². The molecule has 2 aromatic heterocycles. The molecule has 0 saturated carbocycles. The standard InChI is InChI=1S/C22H14BrFN4O/c23-13-9-10-19-14(11-13)21-22(27-18-8-4-3-7-17(18)26-21)28(19)12-20(29)25-16-6-2-1-5-15(16)24/h1-11H,12H2,(H,25,29). The maximum absolute atomic E-state index is 13.9. The molecule has 142 valence electrons. The fourth-order valence-corrected chi connectivity index (χ4v) is 3.82. The molecule has 0 radical (unpaired) electrons. The first-order valence-electron chi connectivity index (χ1n) is 8.99. The van der Waals surface area contributed by atoms with E-state index in [1.807, 2.05) is 47.0 Å². The first kappa shape index (κ1) is 17.8. The van der Waals surface area contributed by atoms with E-state index in [1.165, 1.54) is 12.1 Å². The lowest BCUT2D eigenvalue weighted by Crippen LogP contribution is -2.19. The number of fused-ring (bicyclic) bond motifs is 4. The van der Waals surface area contributed by atoms with Crippen LogP contribution in [0, 0.1) is 5.82 Å². The summed E-state index contributed by atoms with van der Waals surface area (Å²) in [6.07, 6.45) is 0. The number of carbonyl (C=O) groups excluding carboxylic acids is 1. The van der Waals surface area contributed by atoms with Gasteiger partial charge in [-0.1, -0.05) is 40.2 Å². The van der Waals surface area contributed by atoms with Crippen molar-refractivity contribution in [3.63, 3.8) is 0 Å². The Kier molecular flexibility index (Phi) is 4.24. The largest absolute Gasteiger partial charge is 0.322 e. The molecule has 29 heavy (non-hydrogen) atoms. The second-order valence-corrected chi connectivity index (χ2v) is 7.58. The van der Waals surface area contributed by atoms with Crippen molar-refractivity contribution in [2.75, 3.05) is 5.32 Å². The number of anilines is 1. The first-order valence-corrected chi connectivity index (χ1v) is 9.78. The Labute approximate surface area is 173 Å².